The van der Waals surface area contributed by atoms with E-state index in [2.05, 4.69) is 12.2 Å². The number of hydrogen-bond donors (Lipinski definition) is 1. The molecule has 1 fully saturated rings. The van der Waals surface area contributed by atoms with Crippen LogP contribution in [0.15, 0.2) is 0 Å². The highest BCUT2D eigenvalue weighted by molar-refractivity contribution is 5.75. The molecule has 2 unspecified atom stereocenters. The van der Waals surface area contributed by atoms with E-state index in [0.717, 1.165) is 19.3 Å². The van der Waals surface area contributed by atoms with Crippen molar-refractivity contribution in [3.63, 3.8) is 0 Å². The molecule has 4 heteroatoms. The summed E-state index contributed by atoms with van der Waals surface area (Å²) in [5, 5.41) is 2.90. The van der Waals surface area contributed by atoms with E-state index in [-0.39, 0.29) is 18.3 Å². The Bertz CT molecular complexity index is 221. The Labute approximate surface area is 104 Å². The Hall–Kier alpha value is -0.610. The lowest BCUT2D eigenvalue weighted by Gasteiger charge is -2.11. The molecule has 0 aromatic rings. The summed E-state index contributed by atoms with van der Waals surface area (Å²) in [4.78, 5) is 11.5. The molecule has 1 aliphatic rings. The van der Waals surface area contributed by atoms with E-state index in [1.807, 2.05) is 6.92 Å². The van der Waals surface area contributed by atoms with Gasteiger partial charge in [0, 0.05) is 13.0 Å². The van der Waals surface area contributed by atoms with Crippen LogP contribution in [0.25, 0.3) is 0 Å². The van der Waals surface area contributed by atoms with Crippen LogP contribution in [0.4, 0.5) is 0 Å². The van der Waals surface area contributed by atoms with Gasteiger partial charge in [0.25, 0.3) is 0 Å². The summed E-state index contributed by atoms with van der Waals surface area (Å²) >= 11 is 0. The van der Waals surface area contributed by atoms with Gasteiger partial charge in [-0.2, -0.15) is 0 Å². The van der Waals surface area contributed by atoms with E-state index in [1.54, 1.807) is 0 Å². The molecule has 1 amide bonds. The molecule has 0 aromatic heterocycles. The zero-order valence-electron chi connectivity index (χ0n) is 11.0. The number of amides is 1. The average Bonchev–Trinajstić information content (AvgIpc) is 2.80. The fourth-order valence-electron chi connectivity index (χ4n) is 1.86. The van der Waals surface area contributed by atoms with Gasteiger partial charge < -0.3 is 14.8 Å². The van der Waals surface area contributed by atoms with E-state index in [9.17, 15) is 4.79 Å². The van der Waals surface area contributed by atoms with Crippen LogP contribution in [0.1, 0.15) is 52.4 Å². The van der Waals surface area contributed by atoms with Crippen molar-refractivity contribution in [1.29, 1.82) is 0 Å². The molecule has 2 atom stereocenters. The molecule has 0 saturated carbocycles. The second-order valence-corrected chi connectivity index (χ2v) is 4.54. The Morgan fingerprint density at radius 3 is 2.76 bits per heavy atom. The minimum absolute atomic E-state index is 0.0274. The maximum absolute atomic E-state index is 11.5. The summed E-state index contributed by atoms with van der Waals surface area (Å²) in [7, 11) is 0. The quantitative estimate of drug-likeness (QED) is 0.665. The molecule has 4 nitrogen and oxygen atoms in total. The van der Waals surface area contributed by atoms with Crippen molar-refractivity contribution in [3.8, 4) is 0 Å². The predicted octanol–water partition coefficient (Wildman–Crippen LogP) is 2.22. The van der Waals surface area contributed by atoms with Crippen LogP contribution in [-0.4, -0.2) is 31.5 Å². The Morgan fingerprint density at radius 1 is 1.29 bits per heavy atom. The summed E-state index contributed by atoms with van der Waals surface area (Å²) < 4.78 is 11.0. The number of unbranched alkanes of at least 4 members (excludes halogenated alkanes) is 3. The van der Waals surface area contributed by atoms with Gasteiger partial charge in [0.1, 0.15) is 6.10 Å². The predicted molar refractivity (Wildman–Crippen MR) is 66.7 cm³/mol. The molecular formula is C13H25NO3. The van der Waals surface area contributed by atoms with Gasteiger partial charge in [-0.05, 0) is 12.8 Å². The van der Waals surface area contributed by atoms with Crippen molar-refractivity contribution in [2.75, 3.05) is 13.2 Å². The number of ether oxygens (including phenoxy) is 2. The van der Waals surface area contributed by atoms with Gasteiger partial charge in [-0.25, -0.2) is 0 Å². The summed E-state index contributed by atoms with van der Waals surface area (Å²) in [5.41, 5.74) is 0. The highest BCUT2D eigenvalue weighted by atomic mass is 16.7. The zero-order chi connectivity index (χ0) is 12.5. The summed E-state index contributed by atoms with van der Waals surface area (Å²) in [6.07, 6.45) is 5.98. The molecule has 1 aliphatic heterocycles. The maximum Gasteiger partial charge on any atom is 0.220 e. The van der Waals surface area contributed by atoms with Crippen molar-refractivity contribution >= 4 is 5.91 Å². The molecule has 1 saturated heterocycles. The Balaban J connectivity index is 2.00. The zero-order valence-corrected chi connectivity index (χ0v) is 11.0. The monoisotopic (exact) mass is 243 g/mol. The average molecular weight is 243 g/mol. The first kappa shape index (κ1) is 14.5. The first-order valence-electron chi connectivity index (χ1n) is 6.80. The van der Waals surface area contributed by atoms with E-state index in [1.165, 1.54) is 12.8 Å². The first-order chi connectivity index (χ1) is 8.26. The fraction of sp³-hybridized carbons (Fsp3) is 0.923. The largest absolute Gasteiger partial charge is 0.353 e. The van der Waals surface area contributed by atoms with Gasteiger partial charge in [-0.1, -0.05) is 33.1 Å². The first-order valence-corrected chi connectivity index (χ1v) is 6.80. The number of rotatable bonds is 8. The third-order valence-electron chi connectivity index (χ3n) is 2.93. The highest BCUT2D eigenvalue weighted by Gasteiger charge is 2.24. The van der Waals surface area contributed by atoms with Crippen LogP contribution in [0.2, 0.25) is 0 Å². The second-order valence-electron chi connectivity index (χ2n) is 4.54. The fourth-order valence-corrected chi connectivity index (χ4v) is 1.86. The summed E-state index contributed by atoms with van der Waals surface area (Å²) in [6.45, 7) is 5.36. The molecule has 0 aromatic carbocycles. The maximum atomic E-state index is 11.5. The molecule has 0 aliphatic carbocycles. The molecule has 0 spiro atoms. The lowest BCUT2D eigenvalue weighted by Crippen LogP contribution is -2.33. The standard InChI is InChI=1S/C13H25NO3/c1-3-5-6-7-8-12(15)14-9-11-10-16-13(4-2)17-11/h11,13H,3-10H2,1-2H3,(H,14,15). The molecule has 100 valence electrons. The van der Waals surface area contributed by atoms with Gasteiger partial charge in [0.05, 0.1) is 6.61 Å². The van der Waals surface area contributed by atoms with Crippen LogP contribution in [0.3, 0.4) is 0 Å². The molecular weight excluding hydrogens is 218 g/mol. The summed E-state index contributed by atoms with van der Waals surface area (Å²) in [6, 6.07) is 0. The van der Waals surface area contributed by atoms with E-state index >= 15 is 0 Å². The van der Waals surface area contributed by atoms with Gasteiger partial charge in [-0.3, -0.25) is 4.79 Å². The van der Waals surface area contributed by atoms with Crippen LogP contribution >= 0.6 is 0 Å². The topological polar surface area (TPSA) is 47.6 Å². The third kappa shape index (κ3) is 6.03. The lowest BCUT2D eigenvalue weighted by molar-refractivity contribution is -0.122. The minimum atomic E-state index is -0.0820. The second kappa shape index (κ2) is 8.48. The van der Waals surface area contributed by atoms with Crippen LogP contribution in [-0.2, 0) is 14.3 Å². The SMILES string of the molecule is CCCCCCC(=O)NCC1COC(CC)O1. The lowest BCUT2D eigenvalue weighted by atomic mass is 10.1. The molecule has 1 N–H and O–H groups in total. The van der Waals surface area contributed by atoms with Crippen LogP contribution in [0.5, 0.6) is 0 Å². The van der Waals surface area contributed by atoms with Crippen molar-refractivity contribution in [3.05, 3.63) is 0 Å². The van der Waals surface area contributed by atoms with Gasteiger partial charge in [0.2, 0.25) is 5.91 Å². The van der Waals surface area contributed by atoms with Crippen molar-refractivity contribution < 1.29 is 14.3 Å². The Morgan fingerprint density at radius 2 is 2.12 bits per heavy atom. The Kier molecular flexibility index (Phi) is 7.21. The molecule has 17 heavy (non-hydrogen) atoms. The highest BCUT2D eigenvalue weighted by Crippen LogP contribution is 2.13. The number of hydrogen-bond acceptors (Lipinski definition) is 3. The smallest absolute Gasteiger partial charge is 0.220 e. The van der Waals surface area contributed by atoms with E-state index < -0.39 is 0 Å². The minimum Gasteiger partial charge on any atom is -0.353 e. The number of nitrogens with one attached hydrogen (secondary N) is 1. The van der Waals surface area contributed by atoms with Gasteiger partial charge in [0.15, 0.2) is 6.29 Å². The molecule has 0 bridgehead atoms. The molecule has 1 heterocycles. The normalized spacial score (nSPS) is 23.9. The van der Waals surface area contributed by atoms with Crippen molar-refractivity contribution in [1.82, 2.24) is 5.32 Å². The van der Waals surface area contributed by atoms with Crippen molar-refractivity contribution in [2.24, 2.45) is 0 Å². The molecule has 1 rings (SSSR count). The van der Waals surface area contributed by atoms with E-state index in [0.29, 0.717) is 19.6 Å². The molecule has 0 radical (unpaired) electrons. The van der Waals surface area contributed by atoms with Crippen LogP contribution < -0.4 is 5.32 Å². The number of carbonyl (C=O) groups is 1. The van der Waals surface area contributed by atoms with Crippen LogP contribution in [0, 0.1) is 0 Å². The van der Waals surface area contributed by atoms with Gasteiger partial charge in [-0.15, -0.1) is 0 Å². The number of carbonyl (C=O) groups excluding carboxylic acids is 1. The van der Waals surface area contributed by atoms with E-state index in [4.69, 9.17) is 9.47 Å². The van der Waals surface area contributed by atoms with Gasteiger partial charge >= 0.3 is 0 Å². The third-order valence-corrected chi connectivity index (χ3v) is 2.93. The van der Waals surface area contributed by atoms with Crippen molar-refractivity contribution in [2.45, 2.75) is 64.8 Å². The summed E-state index contributed by atoms with van der Waals surface area (Å²) in [5.74, 6) is 0.129.